The molecule has 0 bridgehead atoms. The molecule has 18 heavy (non-hydrogen) atoms. The van der Waals surface area contributed by atoms with Crippen LogP contribution in [0.4, 0.5) is 4.79 Å². The van der Waals surface area contributed by atoms with E-state index in [2.05, 4.69) is 4.98 Å². The quantitative estimate of drug-likeness (QED) is 0.782. The fraction of sp³-hybridized carbons (Fsp3) is 0.385. The highest BCUT2D eigenvalue weighted by Crippen LogP contribution is 2.29. The Balaban J connectivity index is 2.22. The summed E-state index contributed by atoms with van der Waals surface area (Å²) in [6.07, 6.45) is 0.836. The molecule has 0 spiro atoms. The molecule has 94 valence electrons. The minimum atomic E-state index is -0.00970. The fourth-order valence-electron chi connectivity index (χ4n) is 2.53. The van der Waals surface area contributed by atoms with E-state index >= 15 is 0 Å². The topological polar surface area (TPSA) is 38.1 Å². The highest BCUT2D eigenvalue weighted by atomic mass is 35.5. The first kappa shape index (κ1) is 11.5. The minimum Gasteiger partial charge on any atom is -0.326 e. The first-order chi connectivity index (χ1) is 8.72. The second-order valence-electron chi connectivity index (χ2n) is 4.63. The van der Waals surface area contributed by atoms with Crippen LogP contribution in [0.2, 0.25) is 0 Å². The molecule has 1 amide bonds. The van der Waals surface area contributed by atoms with Gasteiger partial charge in [0.2, 0.25) is 0 Å². The van der Waals surface area contributed by atoms with Crippen LogP contribution >= 0.6 is 11.6 Å². The summed E-state index contributed by atoms with van der Waals surface area (Å²) in [6, 6.07) is 7.72. The van der Waals surface area contributed by atoms with Crippen molar-refractivity contribution < 1.29 is 4.79 Å². The number of para-hydroxylation sites is 2. The summed E-state index contributed by atoms with van der Waals surface area (Å²) in [5.74, 6) is 1.65. The van der Waals surface area contributed by atoms with Gasteiger partial charge in [0, 0.05) is 25.4 Å². The van der Waals surface area contributed by atoms with Crippen molar-refractivity contribution in [1.29, 1.82) is 0 Å². The van der Waals surface area contributed by atoms with E-state index in [0.717, 1.165) is 23.3 Å². The van der Waals surface area contributed by atoms with E-state index in [9.17, 15) is 4.79 Å². The lowest BCUT2D eigenvalue weighted by Gasteiger charge is -2.30. The number of carbonyl (C=O) groups excluding carboxylic acids is 1. The highest BCUT2D eigenvalue weighted by molar-refractivity contribution is 6.17. The van der Waals surface area contributed by atoms with E-state index in [1.165, 1.54) is 0 Å². The molecule has 1 aromatic heterocycles. The van der Waals surface area contributed by atoms with Gasteiger partial charge in [0.25, 0.3) is 0 Å². The number of benzene rings is 1. The Morgan fingerprint density at radius 2 is 2.22 bits per heavy atom. The van der Waals surface area contributed by atoms with Crippen molar-refractivity contribution in [2.45, 2.75) is 12.3 Å². The van der Waals surface area contributed by atoms with Crippen LogP contribution in [0.3, 0.4) is 0 Å². The van der Waals surface area contributed by atoms with Crippen molar-refractivity contribution in [3.63, 3.8) is 0 Å². The van der Waals surface area contributed by atoms with Crippen molar-refractivity contribution >= 4 is 28.7 Å². The molecule has 0 saturated carbocycles. The Kier molecular flexibility index (Phi) is 2.74. The highest BCUT2D eigenvalue weighted by Gasteiger charge is 2.31. The molecule has 2 heterocycles. The number of hydrogen-bond donors (Lipinski definition) is 0. The van der Waals surface area contributed by atoms with Crippen molar-refractivity contribution in [2.24, 2.45) is 0 Å². The number of halogens is 1. The van der Waals surface area contributed by atoms with Gasteiger partial charge in [-0.05, 0) is 18.6 Å². The monoisotopic (exact) mass is 263 g/mol. The third-order valence-corrected chi connectivity index (χ3v) is 3.64. The lowest BCUT2D eigenvalue weighted by molar-refractivity contribution is 0.197. The maximum absolute atomic E-state index is 12.3. The standard InChI is InChI=1S/C13H14ClN3O/c1-16-8-9(6-7-14)12-15-10-4-2-3-5-11(10)17(12)13(16)18/h2-5,9H,6-8H2,1H3. The fourth-order valence-corrected chi connectivity index (χ4v) is 2.80. The maximum Gasteiger partial charge on any atom is 0.329 e. The number of hydrogen-bond acceptors (Lipinski definition) is 2. The first-order valence-electron chi connectivity index (χ1n) is 6.01. The summed E-state index contributed by atoms with van der Waals surface area (Å²) in [7, 11) is 1.82. The van der Waals surface area contributed by atoms with Crippen LogP contribution in [0, 0.1) is 0 Å². The van der Waals surface area contributed by atoms with E-state index in [1.54, 1.807) is 9.47 Å². The van der Waals surface area contributed by atoms with Gasteiger partial charge in [-0.25, -0.2) is 14.3 Å². The Bertz CT molecular complexity index is 607. The smallest absolute Gasteiger partial charge is 0.326 e. The molecule has 1 aliphatic rings. The zero-order chi connectivity index (χ0) is 12.7. The van der Waals surface area contributed by atoms with Crippen LogP contribution in [0.25, 0.3) is 11.0 Å². The first-order valence-corrected chi connectivity index (χ1v) is 6.54. The molecule has 4 nitrogen and oxygen atoms in total. The third-order valence-electron chi connectivity index (χ3n) is 3.42. The molecule has 0 saturated heterocycles. The minimum absolute atomic E-state index is 0.00970. The summed E-state index contributed by atoms with van der Waals surface area (Å²) >= 11 is 5.84. The number of nitrogens with zero attached hydrogens (tertiary/aromatic N) is 3. The Morgan fingerprint density at radius 1 is 1.44 bits per heavy atom. The molecule has 1 unspecified atom stereocenters. The van der Waals surface area contributed by atoms with Crippen LogP contribution in [-0.2, 0) is 0 Å². The Morgan fingerprint density at radius 3 is 3.00 bits per heavy atom. The van der Waals surface area contributed by atoms with E-state index in [1.807, 2.05) is 31.3 Å². The molecule has 1 aliphatic heterocycles. The van der Waals surface area contributed by atoms with Gasteiger partial charge < -0.3 is 4.90 Å². The van der Waals surface area contributed by atoms with Gasteiger partial charge in [0.15, 0.2) is 0 Å². The predicted octanol–water partition coefficient (Wildman–Crippen LogP) is 2.66. The van der Waals surface area contributed by atoms with Gasteiger partial charge >= 0.3 is 6.03 Å². The summed E-state index contributed by atoms with van der Waals surface area (Å²) in [5, 5.41) is 0. The van der Waals surface area contributed by atoms with E-state index in [-0.39, 0.29) is 11.9 Å². The molecule has 0 N–H and O–H groups in total. The number of likely N-dealkylation sites (N-methyl/N-ethyl adjacent to an activating group) is 1. The van der Waals surface area contributed by atoms with Gasteiger partial charge in [-0.3, -0.25) is 0 Å². The molecular formula is C13H14ClN3O. The molecule has 2 aromatic rings. The summed E-state index contributed by atoms with van der Waals surface area (Å²) < 4.78 is 1.72. The summed E-state index contributed by atoms with van der Waals surface area (Å²) in [4.78, 5) is 18.6. The maximum atomic E-state index is 12.3. The molecule has 5 heteroatoms. The van der Waals surface area contributed by atoms with Crippen LogP contribution in [-0.4, -0.2) is 40.0 Å². The SMILES string of the molecule is CN1CC(CCCl)c2nc3ccccc3n2C1=O. The molecule has 3 rings (SSSR count). The molecule has 0 radical (unpaired) electrons. The molecule has 0 fully saturated rings. The number of carbonyl (C=O) groups is 1. The Hall–Kier alpha value is -1.55. The van der Waals surface area contributed by atoms with Crippen LogP contribution in [0.1, 0.15) is 18.2 Å². The second kappa shape index (κ2) is 4.28. The second-order valence-corrected chi connectivity index (χ2v) is 5.01. The largest absolute Gasteiger partial charge is 0.329 e. The van der Waals surface area contributed by atoms with E-state index < -0.39 is 0 Å². The van der Waals surface area contributed by atoms with Gasteiger partial charge in [0.1, 0.15) is 5.82 Å². The Labute approximate surface area is 110 Å². The van der Waals surface area contributed by atoms with Gasteiger partial charge in [-0.2, -0.15) is 0 Å². The zero-order valence-electron chi connectivity index (χ0n) is 10.1. The van der Waals surface area contributed by atoms with E-state index in [4.69, 9.17) is 11.6 Å². The lowest BCUT2D eigenvalue weighted by Crippen LogP contribution is -2.41. The van der Waals surface area contributed by atoms with E-state index in [0.29, 0.717) is 12.4 Å². The average molecular weight is 264 g/mol. The summed E-state index contributed by atoms with van der Waals surface area (Å²) in [5.41, 5.74) is 1.75. The van der Waals surface area contributed by atoms with Gasteiger partial charge in [0.05, 0.1) is 11.0 Å². The number of amides is 1. The predicted molar refractivity (Wildman–Crippen MR) is 71.2 cm³/mol. The molecule has 1 aromatic carbocycles. The number of imidazole rings is 1. The summed E-state index contributed by atoms with van der Waals surface area (Å²) in [6.45, 7) is 0.689. The zero-order valence-corrected chi connectivity index (χ0v) is 10.9. The van der Waals surface area contributed by atoms with Crippen molar-refractivity contribution in [3.8, 4) is 0 Å². The van der Waals surface area contributed by atoms with Crippen molar-refractivity contribution in [2.75, 3.05) is 19.5 Å². The van der Waals surface area contributed by atoms with Gasteiger partial charge in [-0.15, -0.1) is 11.6 Å². The normalized spacial score (nSPS) is 19.3. The number of fused-ring (bicyclic) bond motifs is 3. The molecule has 1 atom stereocenters. The van der Waals surface area contributed by atoms with Crippen molar-refractivity contribution in [1.82, 2.24) is 14.5 Å². The van der Waals surface area contributed by atoms with Crippen LogP contribution in [0.15, 0.2) is 24.3 Å². The van der Waals surface area contributed by atoms with Gasteiger partial charge in [-0.1, -0.05) is 12.1 Å². The number of alkyl halides is 1. The van der Waals surface area contributed by atoms with Crippen molar-refractivity contribution in [3.05, 3.63) is 30.1 Å². The molecular weight excluding hydrogens is 250 g/mol. The number of rotatable bonds is 2. The average Bonchev–Trinajstić information content (AvgIpc) is 2.75. The van der Waals surface area contributed by atoms with Crippen LogP contribution in [0.5, 0.6) is 0 Å². The lowest BCUT2D eigenvalue weighted by atomic mass is 10.0. The van der Waals surface area contributed by atoms with Crippen LogP contribution < -0.4 is 0 Å². The molecule has 0 aliphatic carbocycles. The third kappa shape index (κ3) is 1.60. The number of aromatic nitrogens is 2.